The molecule has 0 aliphatic carbocycles. The summed E-state index contributed by atoms with van der Waals surface area (Å²) in [5.41, 5.74) is 7.29. The van der Waals surface area contributed by atoms with Crippen molar-refractivity contribution < 1.29 is 5.11 Å². The lowest BCUT2D eigenvalue weighted by molar-refractivity contribution is 0.281. The molecular formula is C9H14BrN3O. The molecule has 1 atom stereocenters. The topological polar surface area (TPSA) is 71.2 Å². The zero-order valence-electron chi connectivity index (χ0n) is 8.21. The molecule has 1 aromatic rings. The molecule has 1 heterocycles. The third-order valence-electron chi connectivity index (χ3n) is 1.96. The van der Waals surface area contributed by atoms with E-state index >= 15 is 0 Å². The molecule has 1 rings (SSSR count). The lowest BCUT2D eigenvalue weighted by atomic mass is 10.2. The third-order valence-corrected chi connectivity index (χ3v) is 2.93. The van der Waals surface area contributed by atoms with Gasteiger partial charge in [0.05, 0.1) is 23.0 Å². The average molecular weight is 260 g/mol. The monoisotopic (exact) mass is 259 g/mol. The van der Waals surface area contributed by atoms with Crippen molar-refractivity contribution in [3.05, 3.63) is 16.2 Å². The molecule has 4 N–H and O–H groups in total. The second-order valence-electron chi connectivity index (χ2n) is 3.23. The van der Waals surface area contributed by atoms with Gasteiger partial charge in [-0.25, -0.2) is 4.98 Å². The van der Waals surface area contributed by atoms with E-state index in [4.69, 9.17) is 10.8 Å². The maximum absolute atomic E-state index is 8.88. The molecule has 0 radical (unpaired) electrons. The van der Waals surface area contributed by atoms with E-state index in [0.29, 0.717) is 11.5 Å². The summed E-state index contributed by atoms with van der Waals surface area (Å²) in [5, 5.41) is 11.9. The lowest BCUT2D eigenvalue weighted by Gasteiger charge is -2.14. The number of rotatable bonds is 3. The first-order valence-electron chi connectivity index (χ1n) is 4.34. The number of nitrogens with one attached hydrogen (secondary N) is 1. The van der Waals surface area contributed by atoms with Gasteiger partial charge in [-0.3, -0.25) is 0 Å². The first-order chi connectivity index (χ1) is 6.56. The van der Waals surface area contributed by atoms with Gasteiger partial charge in [-0.2, -0.15) is 0 Å². The zero-order valence-corrected chi connectivity index (χ0v) is 9.80. The molecule has 0 spiro atoms. The Kier molecular flexibility index (Phi) is 3.71. The quantitative estimate of drug-likeness (QED) is 0.770. The number of aromatic nitrogens is 1. The van der Waals surface area contributed by atoms with Gasteiger partial charge in [-0.05, 0) is 35.3 Å². The fourth-order valence-electron chi connectivity index (χ4n) is 0.972. The second kappa shape index (κ2) is 4.61. The Morgan fingerprint density at radius 2 is 2.36 bits per heavy atom. The average Bonchev–Trinajstić information content (AvgIpc) is 2.19. The Morgan fingerprint density at radius 1 is 1.71 bits per heavy atom. The number of halogens is 1. The van der Waals surface area contributed by atoms with Crippen molar-refractivity contribution >= 4 is 27.4 Å². The Hall–Kier alpha value is -0.810. The van der Waals surface area contributed by atoms with Crippen molar-refractivity contribution in [2.24, 2.45) is 0 Å². The maximum atomic E-state index is 8.88. The molecule has 0 saturated carbocycles. The van der Waals surface area contributed by atoms with Crippen LogP contribution >= 0.6 is 15.9 Å². The van der Waals surface area contributed by atoms with E-state index in [9.17, 15) is 0 Å². The molecule has 0 aliphatic heterocycles. The van der Waals surface area contributed by atoms with Crippen LogP contribution < -0.4 is 11.1 Å². The Bertz CT molecular complexity index is 330. The summed E-state index contributed by atoms with van der Waals surface area (Å²) < 4.78 is 0.845. The van der Waals surface area contributed by atoms with Gasteiger partial charge in [0.2, 0.25) is 0 Å². The predicted molar refractivity (Wildman–Crippen MR) is 61.3 cm³/mol. The van der Waals surface area contributed by atoms with Crippen molar-refractivity contribution in [1.29, 1.82) is 0 Å². The van der Waals surface area contributed by atoms with E-state index in [1.54, 1.807) is 6.20 Å². The lowest BCUT2D eigenvalue weighted by Crippen LogP contribution is -2.20. The van der Waals surface area contributed by atoms with Gasteiger partial charge < -0.3 is 16.2 Å². The summed E-state index contributed by atoms with van der Waals surface area (Å²) in [7, 11) is 0. The van der Waals surface area contributed by atoms with E-state index in [1.165, 1.54) is 0 Å². The van der Waals surface area contributed by atoms with Gasteiger partial charge in [0.15, 0.2) is 0 Å². The molecule has 0 amide bonds. The Morgan fingerprint density at radius 3 is 2.93 bits per heavy atom. The summed E-state index contributed by atoms with van der Waals surface area (Å²) >= 11 is 3.40. The summed E-state index contributed by atoms with van der Waals surface area (Å²) in [6.07, 6.45) is 1.60. The van der Waals surface area contributed by atoms with E-state index in [0.717, 1.165) is 10.0 Å². The van der Waals surface area contributed by atoms with Crippen LogP contribution in [0.25, 0.3) is 0 Å². The normalized spacial score (nSPS) is 12.6. The number of aliphatic hydroxyl groups excluding tert-OH is 1. The van der Waals surface area contributed by atoms with Crippen molar-refractivity contribution in [3.63, 3.8) is 0 Å². The number of nitrogens with two attached hydrogens (primary N) is 1. The van der Waals surface area contributed by atoms with Gasteiger partial charge in [-0.15, -0.1) is 0 Å². The summed E-state index contributed by atoms with van der Waals surface area (Å²) in [6.45, 7) is 3.85. The van der Waals surface area contributed by atoms with E-state index in [1.807, 2.05) is 13.8 Å². The fraction of sp³-hybridized carbons (Fsp3) is 0.444. The summed E-state index contributed by atoms with van der Waals surface area (Å²) in [6, 6.07) is -0.0261. The second-order valence-corrected chi connectivity index (χ2v) is 4.02. The zero-order chi connectivity index (χ0) is 10.7. The van der Waals surface area contributed by atoms with Crippen LogP contribution in [0.15, 0.2) is 10.7 Å². The van der Waals surface area contributed by atoms with E-state index < -0.39 is 0 Å². The number of aliphatic hydroxyl groups is 1. The molecule has 1 aromatic heterocycles. The van der Waals surface area contributed by atoms with Crippen molar-refractivity contribution in [1.82, 2.24) is 4.98 Å². The molecule has 0 aliphatic rings. The fourth-order valence-corrected chi connectivity index (χ4v) is 1.42. The summed E-state index contributed by atoms with van der Waals surface area (Å²) in [4.78, 5) is 4.13. The van der Waals surface area contributed by atoms with Gasteiger partial charge in [0, 0.05) is 6.04 Å². The van der Waals surface area contributed by atoms with E-state index in [2.05, 4.69) is 26.2 Å². The molecule has 78 valence electrons. The van der Waals surface area contributed by atoms with Gasteiger partial charge in [0.1, 0.15) is 5.82 Å². The number of hydrogen-bond donors (Lipinski definition) is 3. The number of nitrogens with zero attached hydrogens (tertiary/aromatic N) is 1. The van der Waals surface area contributed by atoms with Crippen LogP contribution in [0.5, 0.6) is 0 Å². The molecular weight excluding hydrogens is 246 g/mol. The van der Waals surface area contributed by atoms with Crippen LogP contribution in [0.4, 0.5) is 11.5 Å². The number of hydrogen-bond acceptors (Lipinski definition) is 4. The standard InChI is InChI=1S/C9H14BrN3O/c1-5(4-14)13-9-8(10)6(2)7(11)3-12-9/h3,5,14H,4,11H2,1-2H3,(H,12,13). The van der Waals surface area contributed by atoms with Gasteiger partial charge in [0.25, 0.3) is 0 Å². The largest absolute Gasteiger partial charge is 0.397 e. The molecule has 0 saturated heterocycles. The Labute approximate surface area is 91.7 Å². The highest BCUT2D eigenvalue weighted by Gasteiger charge is 2.09. The molecule has 0 bridgehead atoms. The van der Waals surface area contributed by atoms with Crippen LogP contribution in [0, 0.1) is 6.92 Å². The molecule has 1 unspecified atom stereocenters. The molecule has 0 fully saturated rings. The number of pyridine rings is 1. The molecule has 14 heavy (non-hydrogen) atoms. The molecule has 4 nitrogen and oxygen atoms in total. The Balaban J connectivity index is 2.94. The smallest absolute Gasteiger partial charge is 0.140 e. The van der Waals surface area contributed by atoms with Crippen molar-refractivity contribution in [2.45, 2.75) is 19.9 Å². The highest BCUT2D eigenvalue weighted by atomic mass is 79.9. The van der Waals surface area contributed by atoms with Gasteiger partial charge in [-0.1, -0.05) is 0 Å². The maximum Gasteiger partial charge on any atom is 0.140 e. The number of nitrogen functional groups attached to an aromatic ring is 1. The first kappa shape index (κ1) is 11.3. The molecule has 5 heteroatoms. The highest BCUT2D eigenvalue weighted by molar-refractivity contribution is 9.10. The highest BCUT2D eigenvalue weighted by Crippen LogP contribution is 2.27. The van der Waals surface area contributed by atoms with Crippen molar-refractivity contribution in [2.75, 3.05) is 17.7 Å². The minimum Gasteiger partial charge on any atom is -0.397 e. The summed E-state index contributed by atoms with van der Waals surface area (Å²) in [5.74, 6) is 0.707. The van der Waals surface area contributed by atoms with Crippen molar-refractivity contribution in [3.8, 4) is 0 Å². The number of anilines is 2. The molecule has 0 aromatic carbocycles. The van der Waals surface area contributed by atoms with Crippen LogP contribution in [0.3, 0.4) is 0 Å². The minimum absolute atomic E-state index is 0.0261. The van der Waals surface area contributed by atoms with Gasteiger partial charge >= 0.3 is 0 Å². The van der Waals surface area contributed by atoms with Crippen LogP contribution in [0.1, 0.15) is 12.5 Å². The SMILES string of the molecule is Cc1c(N)cnc(NC(C)CO)c1Br. The third kappa shape index (κ3) is 2.36. The van der Waals surface area contributed by atoms with E-state index in [-0.39, 0.29) is 12.6 Å². The van der Waals surface area contributed by atoms with Crippen LogP contribution in [0.2, 0.25) is 0 Å². The first-order valence-corrected chi connectivity index (χ1v) is 5.13. The minimum atomic E-state index is -0.0261. The van der Waals surface area contributed by atoms with Crippen LogP contribution in [-0.4, -0.2) is 22.7 Å². The predicted octanol–water partition coefficient (Wildman–Crippen LogP) is 1.53. The van der Waals surface area contributed by atoms with Crippen LogP contribution in [-0.2, 0) is 0 Å².